The fourth-order valence-electron chi connectivity index (χ4n) is 4.70. The summed E-state index contributed by atoms with van der Waals surface area (Å²) < 4.78 is 10.5. The predicted octanol–water partition coefficient (Wildman–Crippen LogP) is 1.98. The van der Waals surface area contributed by atoms with Crippen molar-refractivity contribution in [2.75, 3.05) is 11.9 Å². The minimum Gasteiger partial charge on any atom is -0.462 e. The molecule has 4 rings (SSSR count). The summed E-state index contributed by atoms with van der Waals surface area (Å²) in [5.41, 5.74) is 2.77. The second kappa shape index (κ2) is 5.86. The van der Waals surface area contributed by atoms with E-state index >= 15 is 0 Å². The molecule has 0 spiro atoms. The molecule has 3 fully saturated rings. The van der Waals surface area contributed by atoms with Crippen LogP contribution in [0.5, 0.6) is 0 Å². The Hall–Kier alpha value is -2.37. The minimum absolute atomic E-state index is 0.0145. The fourth-order valence-corrected chi connectivity index (χ4v) is 4.70. The lowest BCUT2D eigenvalue weighted by Crippen LogP contribution is -2.35. The van der Waals surface area contributed by atoms with Crippen LogP contribution in [0.3, 0.4) is 0 Å². The van der Waals surface area contributed by atoms with E-state index in [0.717, 1.165) is 24.0 Å². The Bertz CT molecular complexity index is 756. The second-order valence-electron chi connectivity index (χ2n) is 7.40. The fraction of sp³-hybridized carbons (Fsp3) is 0.526. The summed E-state index contributed by atoms with van der Waals surface area (Å²) in [6.45, 7) is 3.55. The molecule has 25 heavy (non-hydrogen) atoms. The standard InChI is InChI=1S/C19H21NO5/c1-9-3-4-13(10(2)5-9)20-15(21)8-24-18(22)16-11-6-12-14(7-11)25-19(23)17(12)16/h3-5,11-12,14,16-17H,6-8H2,1-2H3,(H,20,21)/t11-,12+,14-,16+,17+/m1/s1. The maximum absolute atomic E-state index is 12.4. The number of aryl methyl sites for hydroxylation is 2. The highest BCUT2D eigenvalue weighted by Gasteiger charge is 2.64. The molecular formula is C19H21NO5. The lowest BCUT2D eigenvalue weighted by Gasteiger charge is -2.22. The molecule has 2 saturated carbocycles. The Kier molecular flexibility index (Phi) is 3.78. The maximum Gasteiger partial charge on any atom is 0.310 e. The summed E-state index contributed by atoms with van der Waals surface area (Å²) >= 11 is 0. The average molecular weight is 343 g/mol. The van der Waals surface area contributed by atoms with E-state index in [4.69, 9.17) is 9.47 Å². The summed E-state index contributed by atoms with van der Waals surface area (Å²) in [5, 5.41) is 2.75. The van der Waals surface area contributed by atoms with Gasteiger partial charge in [0.2, 0.25) is 0 Å². The lowest BCUT2D eigenvalue weighted by molar-refractivity contribution is -0.157. The molecule has 1 N–H and O–H groups in total. The zero-order chi connectivity index (χ0) is 17.7. The molecule has 1 aromatic rings. The van der Waals surface area contributed by atoms with Crippen molar-refractivity contribution in [1.29, 1.82) is 0 Å². The van der Waals surface area contributed by atoms with Crippen molar-refractivity contribution in [1.82, 2.24) is 0 Å². The second-order valence-corrected chi connectivity index (χ2v) is 7.40. The van der Waals surface area contributed by atoms with Gasteiger partial charge in [0.25, 0.3) is 5.91 Å². The molecule has 1 aliphatic heterocycles. The molecule has 0 aromatic heterocycles. The van der Waals surface area contributed by atoms with Gasteiger partial charge in [-0.3, -0.25) is 14.4 Å². The number of esters is 2. The van der Waals surface area contributed by atoms with E-state index in [0.29, 0.717) is 5.69 Å². The van der Waals surface area contributed by atoms with Crippen LogP contribution in [0.4, 0.5) is 5.69 Å². The molecule has 3 aliphatic rings. The molecule has 1 amide bonds. The van der Waals surface area contributed by atoms with Gasteiger partial charge in [0.15, 0.2) is 6.61 Å². The first-order chi connectivity index (χ1) is 11.9. The van der Waals surface area contributed by atoms with Crippen LogP contribution in [0.1, 0.15) is 24.0 Å². The van der Waals surface area contributed by atoms with Crippen LogP contribution in [-0.4, -0.2) is 30.6 Å². The maximum atomic E-state index is 12.4. The zero-order valence-corrected chi connectivity index (χ0v) is 14.3. The Morgan fingerprint density at radius 1 is 1.28 bits per heavy atom. The molecule has 1 heterocycles. The van der Waals surface area contributed by atoms with E-state index in [-0.39, 0.29) is 42.3 Å². The number of carbonyl (C=O) groups is 3. The van der Waals surface area contributed by atoms with Gasteiger partial charge in [-0.05, 0) is 44.2 Å². The first-order valence-electron chi connectivity index (χ1n) is 8.68. The van der Waals surface area contributed by atoms with Gasteiger partial charge in [0.05, 0.1) is 11.8 Å². The van der Waals surface area contributed by atoms with Crippen molar-refractivity contribution in [2.24, 2.45) is 23.7 Å². The number of benzene rings is 1. The van der Waals surface area contributed by atoms with Crippen LogP contribution in [0.25, 0.3) is 0 Å². The number of hydrogen-bond donors (Lipinski definition) is 1. The average Bonchev–Trinajstić information content (AvgIpc) is 3.17. The molecule has 1 aromatic carbocycles. The van der Waals surface area contributed by atoms with Crippen molar-refractivity contribution in [3.8, 4) is 0 Å². The summed E-state index contributed by atoms with van der Waals surface area (Å²) in [6, 6.07) is 5.71. The summed E-state index contributed by atoms with van der Waals surface area (Å²) in [5.74, 6) is -1.65. The number of carbonyl (C=O) groups excluding carboxylic acids is 3. The first-order valence-corrected chi connectivity index (χ1v) is 8.68. The van der Waals surface area contributed by atoms with Gasteiger partial charge >= 0.3 is 11.9 Å². The smallest absolute Gasteiger partial charge is 0.310 e. The van der Waals surface area contributed by atoms with Gasteiger partial charge in [-0.2, -0.15) is 0 Å². The Morgan fingerprint density at radius 2 is 2.08 bits per heavy atom. The van der Waals surface area contributed by atoms with E-state index < -0.39 is 11.9 Å². The molecule has 0 radical (unpaired) electrons. The summed E-state index contributed by atoms with van der Waals surface area (Å²) in [7, 11) is 0. The van der Waals surface area contributed by atoms with Crippen LogP contribution in [-0.2, 0) is 23.9 Å². The van der Waals surface area contributed by atoms with Crippen molar-refractivity contribution in [3.63, 3.8) is 0 Å². The third-order valence-electron chi connectivity index (χ3n) is 5.76. The largest absolute Gasteiger partial charge is 0.462 e. The topological polar surface area (TPSA) is 81.7 Å². The monoisotopic (exact) mass is 343 g/mol. The third kappa shape index (κ3) is 2.69. The highest BCUT2D eigenvalue weighted by molar-refractivity contribution is 5.94. The first kappa shape index (κ1) is 16.1. The van der Waals surface area contributed by atoms with Crippen molar-refractivity contribution in [3.05, 3.63) is 29.3 Å². The van der Waals surface area contributed by atoms with E-state index in [1.54, 1.807) is 0 Å². The Balaban J connectivity index is 1.34. The van der Waals surface area contributed by atoms with Gasteiger partial charge in [-0.15, -0.1) is 0 Å². The van der Waals surface area contributed by atoms with E-state index in [1.807, 2.05) is 32.0 Å². The van der Waals surface area contributed by atoms with Crippen LogP contribution >= 0.6 is 0 Å². The summed E-state index contributed by atoms with van der Waals surface area (Å²) in [4.78, 5) is 36.4. The molecule has 132 valence electrons. The number of ether oxygens (including phenoxy) is 2. The summed E-state index contributed by atoms with van der Waals surface area (Å²) in [6.07, 6.45) is 1.57. The van der Waals surface area contributed by atoms with Crippen molar-refractivity contribution >= 4 is 23.5 Å². The number of hydrogen-bond acceptors (Lipinski definition) is 5. The number of amides is 1. The molecular weight excluding hydrogens is 322 g/mol. The lowest BCUT2D eigenvalue weighted by atomic mass is 9.80. The Labute approximate surface area is 145 Å². The third-order valence-corrected chi connectivity index (χ3v) is 5.76. The highest BCUT2D eigenvalue weighted by atomic mass is 16.6. The molecule has 1 saturated heterocycles. The number of fused-ring (bicyclic) bond motifs is 1. The predicted molar refractivity (Wildman–Crippen MR) is 88.6 cm³/mol. The van der Waals surface area contributed by atoms with Crippen LogP contribution in [0.15, 0.2) is 18.2 Å². The molecule has 6 heteroatoms. The van der Waals surface area contributed by atoms with Gasteiger partial charge in [0, 0.05) is 11.6 Å². The van der Waals surface area contributed by atoms with E-state index in [9.17, 15) is 14.4 Å². The van der Waals surface area contributed by atoms with Crippen molar-refractivity contribution < 1.29 is 23.9 Å². The number of anilines is 1. The van der Waals surface area contributed by atoms with Gasteiger partial charge in [-0.25, -0.2) is 0 Å². The zero-order valence-electron chi connectivity index (χ0n) is 14.3. The van der Waals surface area contributed by atoms with Crippen LogP contribution < -0.4 is 5.32 Å². The van der Waals surface area contributed by atoms with Crippen molar-refractivity contribution in [2.45, 2.75) is 32.8 Å². The molecule has 0 unspecified atom stereocenters. The normalized spacial score (nSPS) is 31.8. The van der Waals surface area contributed by atoms with Gasteiger partial charge in [-0.1, -0.05) is 17.7 Å². The van der Waals surface area contributed by atoms with Crippen LogP contribution in [0, 0.1) is 37.5 Å². The quantitative estimate of drug-likeness (QED) is 0.846. The highest BCUT2D eigenvalue weighted by Crippen LogP contribution is 2.57. The molecule has 2 aliphatic carbocycles. The Morgan fingerprint density at radius 3 is 2.84 bits per heavy atom. The minimum atomic E-state index is -0.454. The molecule has 6 nitrogen and oxygen atoms in total. The SMILES string of the molecule is Cc1ccc(NC(=O)COC(=O)[C@H]2[C@@H]3C[C@@H]4[C@@H]2C(=O)O[C@@H]4C3)c(C)c1. The number of nitrogens with one attached hydrogen (secondary N) is 1. The molecule has 5 atom stereocenters. The van der Waals surface area contributed by atoms with Crippen LogP contribution in [0.2, 0.25) is 0 Å². The molecule has 2 bridgehead atoms. The number of rotatable bonds is 4. The van der Waals surface area contributed by atoms with E-state index in [2.05, 4.69) is 5.32 Å². The van der Waals surface area contributed by atoms with Gasteiger partial charge < -0.3 is 14.8 Å². The van der Waals surface area contributed by atoms with E-state index in [1.165, 1.54) is 0 Å². The van der Waals surface area contributed by atoms with Gasteiger partial charge in [0.1, 0.15) is 6.10 Å².